The summed E-state index contributed by atoms with van der Waals surface area (Å²) in [5.41, 5.74) is 9.30. The molecule has 0 spiro atoms. The highest BCUT2D eigenvalue weighted by Crippen LogP contribution is 2.43. The number of hydrogen-bond acceptors (Lipinski definition) is 10. The minimum atomic E-state index is -4.40. The van der Waals surface area contributed by atoms with Crippen LogP contribution in [0.3, 0.4) is 0 Å². The average molecular weight is 866 g/mol. The van der Waals surface area contributed by atoms with E-state index < -0.39 is 32.5 Å². The summed E-state index contributed by atoms with van der Waals surface area (Å²) in [5.74, 6) is 3.74. The second-order valence-corrected chi connectivity index (χ2v) is 18.2. The molecule has 346 valence electrons. The molecule has 2 rings (SSSR count). The van der Waals surface area contributed by atoms with Crippen LogP contribution in [0.15, 0.2) is 14.9 Å². The van der Waals surface area contributed by atoms with Crippen molar-refractivity contribution in [3.05, 3.63) is 45.8 Å². The Morgan fingerprint density at radius 1 is 0.617 bits per heavy atom. The molecule has 0 aliphatic rings. The van der Waals surface area contributed by atoms with Crippen molar-refractivity contribution >= 4 is 19.8 Å². The molecule has 0 saturated heterocycles. The second-order valence-electron chi connectivity index (χ2n) is 16.8. The van der Waals surface area contributed by atoms with Crippen molar-refractivity contribution in [1.29, 1.82) is 0 Å². The summed E-state index contributed by atoms with van der Waals surface area (Å²) >= 11 is 0. The van der Waals surface area contributed by atoms with E-state index in [1.807, 2.05) is 0 Å². The van der Waals surface area contributed by atoms with Gasteiger partial charge in [0, 0.05) is 45.1 Å². The highest BCUT2D eigenvalue weighted by atomic mass is 31.2. The van der Waals surface area contributed by atoms with Gasteiger partial charge >= 0.3 is 19.8 Å². The maximum absolute atomic E-state index is 12.7. The first kappa shape index (κ1) is 53.7. The molecular formula is C48H84NO10P. The molecular weight excluding hydrogens is 781 g/mol. The smallest absolute Gasteiger partial charge is 0.466 e. The van der Waals surface area contributed by atoms with Gasteiger partial charge in [0.15, 0.2) is 6.10 Å². The SMILES string of the molecule is CCCCCc1cc(C)c(CCCCCCCCCCC(=O)OC[C@H](COP(=O)(O)OCCN)OC(=O)CCCCCCCCCCc2oc(CCCCC)c(C)c2C)o1. The largest absolute Gasteiger partial charge is 0.472 e. The topological polar surface area (TPSA) is 161 Å². The minimum Gasteiger partial charge on any atom is -0.466 e. The molecule has 11 nitrogen and oxygen atoms in total. The lowest BCUT2D eigenvalue weighted by Crippen LogP contribution is -2.29. The van der Waals surface area contributed by atoms with Crippen molar-refractivity contribution in [2.45, 2.75) is 221 Å². The number of rotatable bonds is 39. The molecule has 0 bridgehead atoms. The van der Waals surface area contributed by atoms with Gasteiger partial charge < -0.3 is 28.9 Å². The molecule has 0 aromatic carbocycles. The molecule has 2 aromatic heterocycles. The lowest BCUT2D eigenvalue weighted by molar-refractivity contribution is -0.161. The van der Waals surface area contributed by atoms with Crippen LogP contribution in [0.25, 0.3) is 0 Å². The monoisotopic (exact) mass is 866 g/mol. The van der Waals surface area contributed by atoms with Crippen molar-refractivity contribution in [1.82, 2.24) is 0 Å². The van der Waals surface area contributed by atoms with Crippen LogP contribution in [-0.2, 0) is 58.4 Å². The standard InChI is InChI=1S/C48H84NO10P/c1-6-8-22-28-42-36-39(3)44(57-42)29-24-18-14-10-12-16-20-26-32-47(50)54-37-43(38-56-60(52,53)55-35-34-49)58-48(51)33-27-21-17-13-11-15-19-25-31-46-41(5)40(4)45(59-46)30-23-9-7-2/h36,43H,6-35,37-38,49H2,1-5H3,(H,52,53)/t43-/m1/s1. The molecule has 0 amide bonds. The highest BCUT2D eigenvalue weighted by Gasteiger charge is 2.26. The summed E-state index contributed by atoms with van der Waals surface area (Å²) in [6.45, 7) is 10.1. The van der Waals surface area contributed by atoms with Gasteiger partial charge in [0.05, 0.1) is 13.2 Å². The van der Waals surface area contributed by atoms with Gasteiger partial charge in [-0.15, -0.1) is 0 Å². The Labute approximate surface area is 363 Å². The number of phosphoric ester groups is 1. The van der Waals surface area contributed by atoms with E-state index in [2.05, 4.69) is 40.7 Å². The molecule has 12 heteroatoms. The Bertz CT molecular complexity index is 1470. The lowest BCUT2D eigenvalue weighted by Gasteiger charge is -2.19. The fourth-order valence-electron chi connectivity index (χ4n) is 7.48. The Kier molecular flexibility index (Phi) is 29.7. The van der Waals surface area contributed by atoms with Crippen molar-refractivity contribution in [2.75, 3.05) is 26.4 Å². The van der Waals surface area contributed by atoms with Crippen LogP contribution in [0.1, 0.15) is 208 Å². The summed E-state index contributed by atoms with van der Waals surface area (Å²) in [4.78, 5) is 35.2. The van der Waals surface area contributed by atoms with Crippen LogP contribution < -0.4 is 5.73 Å². The molecule has 0 saturated carbocycles. The van der Waals surface area contributed by atoms with E-state index in [1.54, 1.807) is 0 Å². The van der Waals surface area contributed by atoms with Gasteiger partial charge in [-0.3, -0.25) is 18.6 Å². The van der Waals surface area contributed by atoms with Gasteiger partial charge in [-0.1, -0.05) is 117 Å². The first-order chi connectivity index (χ1) is 29.0. The Morgan fingerprint density at radius 2 is 1.08 bits per heavy atom. The molecule has 0 aliphatic carbocycles. The summed E-state index contributed by atoms with van der Waals surface area (Å²) in [6.07, 6.45) is 27.7. The molecule has 2 heterocycles. The van der Waals surface area contributed by atoms with Crippen LogP contribution in [0.2, 0.25) is 0 Å². The Morgan fingerprint density at radius 3 is 1.62 bits per heavy atom. The maximum Gasteiger partial charge on any atom is 0.472 e. The summed E-state index contributed by atoms with van der Waals surface area (Å²) in [5, 5.41) is 0. The zero-order valence-corrected chi connectivity index (χ0v) is 39.3. The fraction of sp³-hybridized carbons (Fsp3) is 0.792. The third-order valence-electron chi connectivity index (χ3n) is 11.3. The normalized spacial score (nSPS) is 13.1. The number of nitrogens with two attached hydrogens (primary N) is 1. The predicted octanol–water partition coefficient (Wildman–Crippen LogP) is 12.6. The van der Waals surface area contributed by atoms with E-state index in [4.69, 9.17) is 33.1 Å². The van der Waals surface area contributed by atoms with Crippen LogP contribution in [0, 0.1) is 20.8 Å². The number of unbranched alkanes of at least 4 members (excludes halogenated alkanes) is 18. The van der Waals surface area contributed by atoms with E-state index in [-0.39, 0.29) is 32.6 Å². The number of esters is 2. The zero-order chi connectivity index (χ0) is 43.9. The zero-order valence-electron chi connectivity index (χ0n) is 38.4. The van der Waals surface area contributed by atoms with E-state index in [1.165, 1.54) is 93.1 Å². The third-order valence-corrected chi connectivity index (χ3v) is 12.3. The molecule has 3 N–H and O–H groups in total. The Hall–Kier alpha value is -2.43. The summed E-state index contributed by atoms with van der Waals surface area (Å²) in [7, 11) is -4.40. The van der Waals surface area contributed by atoms with Crippen molar-refractivity contribution in [3.8, 4) is 0 Å². The first-order valence-electron chi connectivity index (χ1n) is 23.8. The van der Waals surface area contributed by atoms with Gasteiger partial charge in [0.2, 0.25) is 0 Å². The minimum absolute atomic E-state index is 0.0431. The van der Waals surface area contributed by atoms with Crippen LogP contribution in [0.5, 0.6) is 0 Å². The third kappa shape index (κ3) is 24.9. The van der Waals surface area contributed by atoms with E-state index in [0.29, 0.717) is 12.8 Å². The highest BCUT2D eigenvalue weighted by molar-refractivity contribution is 7.47. The summed E-state index contributed by atoms with van der Waals surface area (Å²) < 4.78 is 45.3. The van der Waals surface area contributed by atoms with Crippen LogP contribution in [0.4, 0.5) is 0 Å². The van der Waals surface area contributed by atoms with Gasteiger partial charge in [-0.2, -0.15) is 0 Å². The van der Waals surface area contributed by atoms with Gasteiger partial charge in [-0.05, 0) is 82.1 Å². The van der Waals surface area contributed by atoms with Crippen molar-refractivity contribution < 1.29 is 46.4 Å². The van der Waals surface area contributed by atoms with Crippen LogP contribution >= 0.6 is 7.82 Å². The maximum atomic E-state index is 12.7. The quantitative estimate of drug-likeness (QED) is 0.0374. The number of aryl methyl sites for hydroxylation is 5. The van der Waals surface area contributed by atoms with Crippen molar-refractivity contribution in [3.63, 3.8) is 0 Å². The fourth-order valence-corrected chi connectivity index (χ4v) is 8.24. The molecule has 0 fully saturated rings. The first-order valence-corrected chi connectivity index (χ1v) is 25.3. The molecule has 0 aliphatic heterocycles. The average Bonchev–Trinajstić information content (AvgIpc) is 3.71. The van der Waals surface area contributed by atoms with Gasteiger partial charge in [0.25, 0.3) is 0 Å². The van der Waals surface area contributed by atoms with E-state index >= 15 is 0 Å². The molecule has 60 heavy (non-hydrogen) atoms. The van der Waals surface area contributed by atoms with Gasteiger partial charge in [0.1, 0.15) is 29.6 Å². The Balaban J connectivity index is 1.57. The molecule has 1 unspecified atom stereocenters. The van der Waals surface area contributed by atoms with Crippen molar-refractivity contribution in [2.24, 2.45) is 5.73 Å². The number of carbonyl (C=O) groups is 2. The number of phosphoric acid groups is 1. The molecule has 2 aromatic rings. The lowest BCUT2D eigenvalue weighted by atomic mass is 10.0. The van der Waals surface area contributed by atoms with E-state index in [0.717, 1.165) is 101 Å². The van der Waals surface area contributed by atoms with Crippen LogP contribution in [-0.4, -0.2) is 49.3 Å². The summed E-state index contributed by atoms with van der Waals surface area (Å²) in [6, 6.07) is 2.21. The van der Waals surface area contributed by atoms with E-state index in [9.17, 15) is 19.0 Å². The number of carbonyl (C=O) groups excluding carboxylic acids is 2. The molecule has 0 radical (unpaired) electrons. The number of hydrogen-bond donors (Lipinski definition) is 2. The number of furan rings is 2. The predicted molar refractivity (Wildman–Crippen MR) is 240 cm³/mol. The molecule has 2 atom stereocenters. The number of ether oxygens (including phenoxy) is 2. The second kappa shape index (κ2) is 33.2. The van der Waals surface area contributed by atoms with Gasteiger partial charge in [-0.25, -0.2) is 4.57 Å².